The van der Waals surface area contributed by atoms with Crippen molar-refractivity contribution in [1.82, 2.24) is 19.8 Å². The molecule has 40 heavy (non-hydrogen) atoms. The average molecular weight is 580 g/mol. The SMILES string of the molecule is CNC(=O)c1ccc(-n2c(NC(C)C)nc3c(c2=O)C[C@@H](C)N(C(=O)c2ccc(Cl)c(C(F)(F)F)c2F)C3)cc1. The molecule has 0 saturated carbocycles. The van der Waals surface area contributed by atoms with Gasteiger partial charge in [0.15, 0.2) is 0 Å². The third-order valence-electron chi connectivity index (χ3n) is 6.51. The van der Waals surface area contributed by atoms with E-state index in [1.807, 2.05) is 13.8 Å². The Hall–Kier alpha value is -3.93. The molecule has 0 fully saturated rings. The number of carbonyl (C=O) groups excluding carboxylic acids is 2. The number of amides is 2. The van der Waals surface area contributed by atoms with Gasteiger partial charge in [-0.3, -0.25) is 14.4 Å². The Morgan fingerprint density at radius 3 is 2.35 bits per heavy atom. The van der Waals surface area contributed by atoms with Gasteiger partial charge in [-0.25, -0.2) is 13.9 Å². The first-order chi connectivity index (χ1) is 18.7. The molecule has 0 bridgehead atoms. The molecule has 1 aromatic heterocycles. The van der Waals surface area contributed by atoms with Gasteiger partial charge in [0.1, 0.15) is 11.4 Å². The molecule has 2 aromatic carbocycles. The van der Waals surface area contributed by atoms with Crippen LogP contribution < -0.4 is 16.2 Å². The first-order valence-electron chi connectivity index (χ1n) is 12.3. The minimum absolute atomic E-state index is 0.0343. The van der Waals surface area contributed by atoms with E-state index < -0.39 is 45.7 Å². The van der Waals surface area contributed by atoms with Gasteiger partial charge in [-0.15, -0.1) is 0 Å². The molecule has 0 spiro atoms. The number of anilines is 1. The molecule has 1 atom stereocenters. The molecular formula is C27H26ClF4N5O3. The van der Waals surface area contributed by atoms with Crippen molar-refractivity contribution < 1.29 is 27.2 Å². The molecule has 0 saturated heterocycles. The van der Waals surface area contributed by atoms with Gasteiger partial charge >= 0.3 is 6.18 Å². The third kappa shape index (κ3) is 5.40. The Balaban J connectivity index is 1.77. The van der Waals surface area contributed by atoms with Gasteiger partial charge in [-0.2, -0.15) is 13.2 Å². The summed E-state index contributed by atoms with van der Waals surface area (Å²) in [7, 11) is 1.50. The minimum atomic E-state index is -5.10. The van der Waals surface area contributed by atoms with Crippen molar-refractivity contribution in [1.29, 1.82) is 0 Å². The van der Waals surface area contributed by atoms with Crippen LogP contribution in [0.2, 0.25) is 5.02 Å². The number of fused-ring (bicyclic) bond motifs is 1. The average Bonchev–Trinajstić information content (AvgIpc) is 2.87. The quantitative estimate of drug-likeness (QED) is 0.423. The second kappa shape index (κ2) is 10.9. The molecular weight excluding hydrogens is 554 g/mol. The summed E-state index contributed by atoms with van der Waals surface area (Å²) >= 11 is 5.59. The van der Waals surface area contributed by atoms with E-state index in [1.54, 1.807) is 31.2 Å². The van der Waals surface area contributed by atoms with Crippen molar-refractivity contribution in [2.45, 2.75) is 52.0 Å². The predicted molar refractivity (Wildman–Crippen MR) is 141 cm³/mol. The Morgan fingerprint density at radius 2 is 1.77 bits per heavy atom. The second-order valence-corrected chi connectivity index (χ2v) is 10.1. The maximum Gasteiger partial charge on any atom is 0.420 e. The molecule has 2 N–H and O–H groups in total. The molecule has 2 amide bonds. The van der Waals surface area contributed by atoms with E-state index in [-0.39, 0.29) is 36.6 Å². The highest BCUT2D eigenvalue weighted by molar-refractivity contribution is 6.31. The van der Waals surface area contributed by atoms with Crippen molar-refractivity contribution in [2.24, 2.45) is 0 Å². The van der Waals surface area contributed by atoms with Crippen LogP contribution in [-0.2, 0) is 19.1 Å². The van der Waals surface area contributed by atoms with Crippen molar-refractivity contribution >= 4 is 29.4 Å². The van der Waals surface area contributed by atoms with Crippen LogP contribution >= 0.6 is 11.6 Å². The zero-order valence-corrected chi connectivity index (χ0v) is 22.7. The van der Waals surface area contributed by atoms with Crippen LogP contribution in [0.1, 0.15) is 58.3 Å². The number of hydrogen-bond acceptors (Lipinski definition) is 5. The summed E-state index contributed by atoms with van der Waals surface area (Å²) in [5.74, 6) is -2.85. The molecule has 13 heteroatoms. The monoisotopic (exact) mass is 579 g/mol. The molecule has 1 aliphatic heterocycles. The summed E-state index contributed by atoms with van der Waals surface area (Å²) < 4.78 is 56.5. The Morgan fingerprint density at radius 1 is 1.12 bits per heavy atom. The van der Waals surface area contributed by atoms with Crippen LogP contribution in [0, 0.1) is 5.82 Å². The predicted octanol–water partition coefficient (Wildman–Crippen LogP) is 4.81. The van der Waals surface area contributed by atoms with Crippen LogP contribution in [0.5, 0.6) is 0 Å². The Bertz CT molecular complexity index is 1540. The van der Waals surface area contributed by atoms with E-state index in [1.165, 1.54) is 16.5 Å². The molecule has 2 heterocycles. The molecule has 8 nitrogen and oxygen atoms in total. The smallest absolute Gasteiger partial charge is 0.355 e. The summed E-state index contributed by atoms with van der Waals surface area (Å²) in [5, 5.41) is 4.78. The number of carbonyl (C=O) groups is 2. The number of halogens is 5. The van der Waals surface area contributed by atoms with Crippen molar-refractivity contribution in [2.75, 3.05) is 12.4 Å². The number of alkyl halides is 3. The molecule has 1 aliphatic rings. The fourth-order valence-corrected chi connectivity index (χ4v) is 4.82. The standard InChI is InChI=1S/C27H26ClF4N5O3/c1-13(2)34-26-35-20-12-36(24(39)17-9-10-19(28)21(22(17)29)27(30,31)32)14(3)11-18(20)25(40)37(26)16-7-5-15(6-8-16)23(38)33-4/h5-10,13-14H,11-12H2,1-4H3,(H,33,38)(H,34,35)/t14-/m1/s1. The van der Waals surface area contributed by atoms with Crippen molar-refractivity contribution in [3.8, 4) is 5.69 Å². The number of aromatic nitrogens is 2. The van der Waals surface area contributed by atoms with Crippen LogP contribution in [0.15, 0.2) is 41.2 Å². The Labute approximate surface area is 232 Å². The van der Waals surface area contributed by atoms with Crippen LogP contribution in [0.25, 0.3) is 5.69 Å². The first-order valence-corrected chi connectivity index (χ1v) is 12.7. The van der Waals surface area contributed by atoms with Crippen molar-refractivity contribution in [3.05, 3.63) is 85.5 Å². The zero-order chi connectivity index (χ0) is 29.5. The molecule has 4 rings (SSSR count). The fraction of sp³-hybridized carbons (Fsp3) is 0.333. The van der Waals surface area contributed by atoms with E-state index in [2.05, 4.69) is 15.6 Å². The largest absolute Gasteiger partial charge is 0.420 e. The normalized spacial score (nSPS) is 15.2. The number of nitrogens with zero attached hydrogens (tertiary/aromatic N) is 3. The summed E-state index contributed by atoms with van der Waals surface area (Å²) in [6, 6.07) is 7.29. The van der Waals surface area contributed by atoms with E-state index in [9.17, 15) is 31.9 Å². The molecule has 0 aliphatic carbocycles. The minimum Gasteiger partial charge on any atom is -0.355 e. The molecule has 0 radical (unpaired) electrons. The molecule has 0 unspecified atom stereocenters. The maximum atomic E-state index is 14.9. The number of hydrogen-bond donors (Lipinski definition) is 2. The van der Waals surface area contributed by atoms with Gasteiger partial charge in [0.2, 0.25) is 5.95 Å². The van der Waals surface area contributed by atoms with Crippen LogP contribution in [-0.4, -0.2) is 45.4 Å². The fourth-order valence-electron chi connectivity index (χ4n) is 4.56. The Kier molecular flexibility index (Phi) is 7.93. The topological polar surface area (TPSA) is 96.3 Å². The summed E-state index contributed by atoms with van der Waals surface area (Å²) in [5.41, 5.74) is -1.50. The van der Waals surface area contributed by atoms with Gasteiger partial charge in [-0.1, -0.05) is 11.6 Å². The molecule has 212 valence electrons. The van der Waals surface area contributed by atoms with Crippen LogP contribution in [0.3, 0.4) is 0 Å². The first kappa shape index (κ1) is 29.1. The van der Waals surface area contributed by atoms with Crippen molar-refractivity contribution in [3.63, 3.8) is 0 Å². The maximum absolute atomic E-state index is 14.9. The van der Waals surface area contributed by atoms with Gasteiger partial charge in [-0.05, 0) is 63.6 Å². The van der Waals surface area contributed by atoms with E-state index >= 15 is 0 Å². The lowest BCUT2D eigenvalue weighted by molar-refractivity contribution is -0.139. The lowest BCUT2D eigenvalue weighted by Crippen LogP contribution is -2.46. The molecule has 3 aromatic rings. The third-order valence-corrected chi connectivity index (χ3v) is 6.83. The number of rotatable bonds is 5. The van der Waals surface area contributed by atoms with Gasteiger partial charge in [0.05, 0.1) is 28.5 Å². The highest BCUT2D eigenvalue weighted by atomic mass is 35.5. The van der Waals surface area contributed by atoms with Gasteiger partial charge < -0.3 is 15.5 Å². The lowest BCUT2D eigenvalue weighted by atomic mass is 9.98. The highest BCUT2D eigenvalue weighted by Gasteiger charge is 2.40. The number of benzene rings is 2. The van der Waals surface area contributed by atoms with E-state index in [0.717, 1.165) is 12.1 Å². The number of nitrogens with one attached hydrogen (secondary N) is 2. The second-order valence-electron chi connectivity index (χ2n) is 9.69. The summed E-state index contributed by atoms with van der Waals surface area (Å²) in [6.07, 6.45) is -5.06. The summed E-state index contributed by atoms with van der Waals surface area (Å²) in [6.45, 7) is 5.06. The highest BCUT2D eigenvalue weighted by Crippen LogP contribution is 2.38. The van der Waals surface area contributed by atoms with Gasteiger partial charge in [0, 0.05) is 30.3 Å². The summed E-state index contributed by atoms with van der Waals surface area (Å²) in [4.78, 5) is 44.8. The van der Waals surface area contributed by atoms with Crippen LogP contribution in [0.4, 0.5) is 23.5 Å². The van der Waals surface area contributed by atoms with E-state index in [4.69, 9.17) is 11.6 Å². The van der Waals surface area contributed by atoms with Gasteiger partial charge in [0.25, 0.3) is 17.4 Å². The van der Waals surface area contributed by atoms with E-state index in [0.29, 0.717) is 16.8 Å². The zero-order valence-electron chi connectivity index (χ0n) is 22.0. The lowest BCUT2D eigenvalue weighted by Gasteiger charge is -2.35.